The molecule has 0 saturated carbocycles. The molecule has 2 aromatic rings. The average molecular weight is 228 g/mol. The first kappa shape index (κ1) is 11.1. The predicted octanol–water partition coefficient (Wildman–Crippen LogP) is 1.89. The zero-order valence-corrected chi connectivity index (χ0v) is 8.93. The van der Waals surface area contributed by atoms with Crippen molar-refractivity contribution in [3.63, 3.8) is 0 Å². The first-order valence-electron chi connectivity index (χ1n) is 4.99. The van der Waals surface area contributed by atoms with Gasteiger partial charge in [0, 0.05) is 23.5 Å². The summed E-state index contributed by atoms with van der Waals surface area (Å²) in [6.07, 6.45) is 5.71. The molecule has 3 nitrogen and oxygen atoms in total. The zero-order valence-electron chi connectivity index (χ0n) is 8.93. The number of aldehydes is 1. The summed E-state index contributed by atoms with van der Waals surface area (Å²) < 4.78 is 14.7. The Hall–Kier alpha value is -2.41. The summed E-state index contributed by atoms with van der Waals surface area (Å²) in [5.41, 5.74) is 0.796. The monoisotopic (exact) mass is 228 g/mol. The molecule has 0 fully saturated rings. The maximum absolute atomic E-state index is 12.9. The molecule has 0 aliphatic heterocycles. The summed E-state index contributed by atoms with van der Waals surface area (Å²) in [5.74, 6) is 5.29. The summed E-state index contributed by atoms with van der Waals surface area (Å²) in [4.78, 5) is 14.6. The van der Waals surface area contributed by atoms with E-state index in [2.05, 4.69) is 16.8 Å². The highest BCUT2D eigenvalue weighted by molar-refractivity contribution is 5.79. The van der Waals surface area contributed by atoms with Crippen molar-refractivity contribution in [3.8, 4) is 11.8 Å². The minimum Gasteiger partial charge on any atom is -0.326 e. The number of hydrogen-bond donors (Lipinski definition) is 0. The van der Waals surface area contributed by atoms with Gasteiger partial charge in [-0.05, 0) is 18.2 Å². The van der Waals surface area contributed by atoms with Gasteiger partial charge in [0.1, 0.15) is 5.82 Å². The van der Waals surface area contributed by atoms with Gasteiger partial charge in [-0.3, -0.25) is 4.79 Å². The Balaban J connectivity index is 2.18. The van der Waals surface area contributed by atoms with Gasteiger partial charge in [0.25, 0.3) is 0 Å². The van der Waals surface area contributed by atoms with Crippen LogP contribution in [0.5, 0.6) is 0 Å². The smallest absolute Gasteiger partial charge is 0.151 e. The van der Waals surface area contributed by atoms with Crippen LogP contribution in [0.2, 0.25) is 0 Å². The molecule has 84 valence electrons. The van der Waals surface area contributed by atoms with E-state index in [0.29, 0.717) is 18.4 Å². The third-order valence-corrected chi connectivity index (χ3v) is 2.18. The number of carbonyl (C=O) groups is 1. The molecule has 0 unspecified atom stereocenters. The largest absolute Gasteiger partial charge is 0.326 e. The molecule has 0 saturated heterocycles. The Bertz CT molecular complexity index is 579. The van der Waals surface area contributed by atoms with Gasteiger partial charge in [0.05, 0.1) is 12.9 Å². The molecule has 0 radical (unpaired) electrons. The zero-order chi connectivity index (χ0) is 12.1. The van der Waals surface area contributed by atoms with Gasteiger partial charge in [0.15, 0.2) is 6.29 Å². The Labute approximate surface area is 97.9 Å². The summed E-state index contributed by atoms with van der Waals surface area (Å²) in [6.45, 7) is 0.482. The number of nitrogens with zero attached hydrogens (tertiary/aromatic N) is 2. The fraction of sp³-hybridized carbons (Fsp3) is 0.0769. The standard InChI is InChI=1S/C13H9FN2O/c14-13-4-3-11(12(8-13)9-17)2-1-6-16-7-5-15-10-16/h3-5,7-10H,6H2. The van der Waals surface area contributed by atoms with Gasteiger partial charge < -0.3 is 4.57 Å². The number of aromatic nitrogens is 2. The summed E-state index contributed by atoms with van der Waals surface area (Å²) in [6, 6.07) is 3.96. The van der Waals surface area contributed by atoms with Gasteiger partial charge >= 0.3 is 0 Å². The molecule has 4 heteroatoms. The predicted molar refractivity (Wildman–Crippen MR) is 60.9 cm³/mol. The minimum atomic E-state index is -0.438. The van der Waals surface area contributed by atoms with E-state index in [1.807, 2.05) is 0 Å². The van der Waals surface area contributed by atoms with E-state index >= 15 is 0 Å². The molecule has 0 amide bonds. The molecule has 0 N–H and O–H groups in total. The molecular weight excluding hydrogens is 219 g/mol. The van der Waals surface area contributed by atoms with E-state index in [0.717, 1.165) is 0 Å². The molecule has 1 aromatic heterocycles. The van der Waals surface area contributed by atoms with Crippen LogP contribution >= 0.6 is 0 Å². The number of carbonyl (C=O) groups excluding carboxylic acids is 1. The minimum absolute atomic E-state index is 0.267. The van der Waals surface area contributed by atoms with Gasteiger partial charge in [-0.2, -0.15) is 0 Å². The lowest BCUT2D eigenvalue weighted by atomic mass is 10.1. The van der Waals surface area contributed by atoms with Crippen molar-refractivity contribution in [3.05, 3.63) is 53.9 Å². The SMILES string of the molecule is O=Cc1cc(F)ccc1C#CCn1ccnc1. The normalized spacial score (nSPS) is 9.47. The Morgan fingerprint density at radius 2 is 2.35 bits per heavy atom. The van der Waals surface area contributed by atoms with Gasteiger partial charge in [-0.1, -0.05) is 11.8 Å². The van der Waals surface area contributed by atoms with Crippen LogP contribution in [0.4, 0.5) is 4.39 Å². The molecule has 0 spiro atoms. The highest BCUT2D eigenvalue weighted by Crippen LogP contribution is 2.07. The van der Waals surface area contributed by atoms with Crippen LogP contribution in [0.1, 0.15) is 15.9 Å². The topological polar surface area (TPSA) is 34.9 Å². The molecule has 0 atom stereocenters. The fourth-order valence-corrected chi connectivity index (χ4v) is 1.35. The lowest BCUT2D eigenvalue weighted by molar-refractivity contribution is 0.112. The second-order valence-electron chi connectivity index (χ2n) is 3.39. The first-order chi connectivity index (χ1) is 8.29. The van der Waals surface area contributed by atoms with Crippen molar-refractivity contribution in [2.75, 3.05) is 0 Å². The molecule has 0 aliphatic rings. The summed E-state index contributed by atoms with van der Waals surface area (Å²) in [5, 5.41) is 0. The first-order valence-corrected chi connectivity index (χ1v) is 4.99. The number of halogens is 1. The third-order valence-electron chi connectivity index (χ3n) is 2.18. The van der Waals surface area contributed by atoms with Crippen molar-refractivity contribution in [1.82, 2.24) is 9.55 Å². The number of hydrogen-bond acceptors (Lipinski definition) is 2. The lowest BCUT2D eigenvalue weighted by Crippen LogP contribution is -1.92. The highest BCUT2D eigenvalue weighted by atomic mass is 19.1. The molecule has 1 aromatic carbocycles. The van der Waals surface area contributed by atoms with Crippen LogP contribution in [-0.4, -0.2) is 15.8 Å². The van der Waals surface area contributed by atoms with E-state index < -0.39 is 5.82 Å². The van der Waals surface area contributed by atoms with Crippen LogP contribution in [0, 0.1) is 17.7 Å². The van der Waals surface area contributed by atoms with Crippen molar-refractivity contribution >= 4 is 6.29 Å². The van der Waals surface area contributed by atoms with Crippen molar-refractivity contribution < 1.29 is 9.18 Å². The quantitative estimate of drug-likeness (QED) is 0.581. The molecule has 0 aliphatic carbocycles. The molecular formula is C13H9FN2O. The number of rotatable bonds is 2. The number of benzene rings is 1. The summed E-state index contributed by atoms with van der Waals surface area (Å²) >= 11 is 0. The van der Waals surface area contributed by atoms with E-state index in [1.165, 1.54) is 18.2 Å². The molecule has 0 bridgehead atoms. The molecule has 17 heavy (non-hydrogen) atoms. The van der Waals surface area contributed by atoms with E-state index in [9.17, 15) is 9.18 Å². The Morgan fingerprint density at radius 1 is 1.47 bits per heavy atom. The van der Waals surface area contributed by atoms with Crippen LogP contribution < -0.4 is 0 Å². The van der Waals surface area contributed by atoms with E-state index in [1.54, 1.807) is 23.3 Å². The van der Waals surface area contributed by atoms with Crippen LogP contribution in [0.25, 0.3) is 0 Å². The lowest BCUT2D eigenvalue weighted by Gasteiger charge is -1.96. The third kappa shape index (κ3) is 2.79. The van der Waals surface area contributed by atoms with Crippen molar-refractivity contribution in [1.29, 1.82) is 0 Å². The van der Waals surface area contributed by atoms with Gasteiger partial charge in [0.2, 0.25) is 0 Å². The summed E-state index contributed by atoms with van der Waals surface area (Å²) in [7, 11) is 0. The van der Waals surface area contributed by atoms with E-state index in [4.69, 9.17) is 0 Å². The van der Waals surface area contributed by atoms with Crippen LogP contribution in [0.15, 0.2) is 36.9 Å². The maximum Gasteiger partial charge on any atom is 0.151 e. The van der Waals surface area contributed by atoms with Crippen molar-refractivity contribution in [2.45, 2.75) is 6.54 Å². The van der Waals surface area contributed by atoms with Gasteiger partial charge in [-0.15, -0.1) is 0 Å². The molecule has 1 heterocycles. The second kappa shape index (κ2) is 5.08. The Kier molecular flexibility index (Phi) is 3.31. The molecule has 2 rings (SSSR count). The average Bonchev–Trinajstić information content (AvgIpc) is 2.84. The van der Waals surface area contributed by atoms with Crippen LogP contribution in [-0.2, 0) is 6.54 Å². The maximum atomic E-state index is 12.9. The highest BCUT2D eigenvalue weighted by Gasteiger charge is 1.99. The van der Waals surface area contributed by atoms with Gasteiger partial charge in [-0.25, -0.2) is 9.37 Å². The van der Waals surface area contributed by atoms with Crippen LogP contribution in [0.3, 0.4) is 0 Å². The fourth-order valence-electron chi connectivity index (χ4n) is 1.35. The van der Waals surface area contributed by atoms with E-state index in [-0.39, 0.29) is 5.56 Å². The van der Waals surface area contributed by atoms with Crippen molar-refractivity contribution in [2.24, 2.45) is 0 Å². The number of imidazole rings is 1. The second-order valence-corrected chi connectivity index (χ2v) is 3.39. The Morgan fingerprint density at radius 3 is 3.06 bits per heavy atom.